The fraction of sp³-hybridized carbons (Fsp3) is 0.217. The highest BCUT2D eigenvalue weighted by molar-refractivity contribution is 6.15. The van der Waals surface area contributed by atoms with E-state index in [0.29, 0.717) is 27.3 Å². The van der Waals surface area contributed by atoms with Crippen molar-refractivity contribution in [3.8, 4) is 5.75 Å². The Hall–Kier alpha value is -3.42. The number of piperazine rings is 1. The van der Waals surface area contributed by atoms with Crippen LogP contribution < -0.4 is 5.32 Å². The Morgan fingerprint density at radius 2 is 1.80 bits per heavy atom. The van der Waals surface area contributed by atoms with Crippen LogP contribution in [0, 0.1) is 0 Å². The van der Waals surface area contributed by atoms with E-state index in [0.717, 1.165) is 31.7 Å². The molecule has 0 aliphatic carbocycles. The van der Waals surface area contributed by atoms with Gasteiger partial charge in [0.1, 0.15) is 23.2 Å². The van der Waals surface area contributed by atoms with Gasteiger partial charge in [-0.05, 0) is 17.7 Å². The van der Waals surface area contributed by atoms with E-state index in [2.05, 4.69) is 15.2 Å². The number of nitrogens with zero attached hydrogens (tertiary/aromatic N) is 2. The molecule has 0 spiro atoms. The highest BCUT2D eigenvalue weighted by Gasteiger charge is 2.32. The zero-order valence-electron chi connectivity index (χ0n) is 16.2. The average Bonchev–Trinajstić information content (AvgIpc) is 3.23. The summed E-state index contributed by atoms with van der Waals surface area (Å²) in [5.74, 6) is -0.999. The van der Waals surface area contributed by atoms with E-state index in [1.165, 1.54) is 6.26 Å². The molecule has 1 unspecified atom stereocenters. The Morgan fingerprint density at radius 1 is 1.10 bits per heavy atom. The molecule has 5 rings (SSSR count). The van der Waals surface area contributed by atoms with Crippen molar-refractivity contribution in [1.82, 2.24) is 15.2 Å². The summed E-state index contributed by atoms with van der Waals surface area (Å²) in [7, 11) is 0. The lowest BCUT2D eigenvalue weighted by atomic mass is 9.89. The Morgan fingerprint density at radius 3 is 2.50 bits per heavy atom. The highest BCUT2D eigenvalue weighted by Crippen LogP contribution is 2.46. The molecular weight excluding hydrogens is 382 g/mol. The third-order valence-corrected chi connectivity index (χ3v) is 5.78. The Bertz CT molecular complexity index is 1230. The second kappa shape index (κ2) is 7.44. The van der Waals surface area contributed by atoms with Gasteiger partial charge in [-0.3, -0.25) is 9.88 Å². The summed E-state index contributed by atoms with van der Waals surface area (Å²) in [6.45, 7) is 3.16. The van der Waals surface area contributed by atoms with Gasteiger partial charge in [-0.2, -0.15) is 0 Å². The minimum Gasteiger partial charge on any atom is -0.507 e. The smallest absolute Gasteiger partial charge is 0.339 e. The van der Waals surface area contributed by atoms with Crippen molar-refractivity contribution >= 4 is 27.7 Å². The molecule has 1 saturated heterocycles. The van der Waals surface area contributed by atoms with Crippen LogP contribution in [0.4, 0.5) is 0 Å². The van der Waals surface area contributed by atoms with Crippen LogP contribution in [0.25, 0.3) is 21.7 Å². The predicted molar refractivity (Wildman–Crippen MR) is 113 cm³/mol. The lowest BCUT2D eigenvalue weighted by molar-refractivity contribution is 0.0698. The number of carboxylic acids is 1. The van der Waals surface area contributed by atoms with Crippen molar-refractivity contribution in [3.63, 3.8) is 0 Å². The van der Waals surface area contributed by atoms with E-state index in [4.69, 9.17) is 4.42 Å². The van der Waals surface area contributed by atoms with Crippen LogP contribution in [0.1, 0.15) is 27.5 Å². The topological polar surface area (TPSA) is 98.8 Å². The zero-order valence-corrected chi connectivity index (χ0v) is 16.2. The molecule has 0 amide bonds. The first-order chi connectivity index (χ1) is 14.7. The summed E-state index contributed by atoms with van der Waals surface area (Å²) >= 11 is 0. The van der Waals surface area contributed by atoms with Gasteiger partial charge in [0.2, 0.25) is 0 Å². The van der Waals surface area contributed by atoms with Gasteiger partial charge in [-0.1, -0.05) is 24.3 Å². The van der Waals surface area contributed by atoms with Crippen LogP contribution in [0.2, 0.25) is 0 Å². The van der Waals surface area contributed by atoms with Crippen molar-refractivity contribution < 1.29 is 19.4 Å². The number of phenolic OH excluding ortho intramolecular Hbond substituents is 1. The summed E-state index contributed by atoms with van der Waals surface area (Å²) in [6, 6.07) is 10.9. The van der Waals surface area contributed by atoms with Gasteiger partial charge in [-0.15, -0.1) is 0 Å². The molecule has 2 aromatic heterocycles. The van der Waals surface area contributed by atoms with Gasteiger partial charge in [0.15, 0.2) is 0 Å². The first-order valence-electron chi connectivity index (χ1n) is 9.89. The normalized spacial score (nSPS) is 16.1. The van der Waals surface area contributed by atoms with Crippen LogP contribution in [0.15, 0.2) is 59.5 Å². The molecule has 0 radical (unpaired) electrons. The van der Waals surface area contributed by atoms with E-state index < -0.39 is 5.97 Å². The van der Waals surface area contributed by atoms with Crippen molar-refractivity contribution in [3.05, 3.63) is 71.7 Å². The maximum Gasteiger partial charge on any atom is 0.339 e. The maximum atomic E-state index is 12.0. The van der Waals surface area contributed by atoms with Gasteiger partial charge in [0.25, 0.3) is 0 Å². The number of aromatic nitrogens is 1. The number of carboxylic acid groups (broad SMARTS) is 1. The number of nitrogens with one attached hydrogen (secondary N) is 1. The lowest BCUT2D eigenvalue weighted by Crippen LogP contribution is -2.45. The fourth-order valence-electron chi connectivity index (χ4n) is 4.44. The monoisotopic (exact) mass is 403 g/mol. The molecule has 1 aliphatic heterocycles. The highest BCUT2D eigenvalue weighted by atomic mass is 16.4. The maximum absolute atomic E-state index is 12.0. The Kier molecular flexibility index (Phi) is 4.61. The summed E-state index contributed by atoms with van der Waals surface area (Å²) in [5, 5.41) is 26.4. The SMILES string of the molecule is O=C(O)c1coc2c1c(C(c1ccncc1)N1CCNCC1)c(O)c1ccccc12. The number of furan rings is 1. The molecule has 7 heteroatoms. The van der Waals surface area contributed by atoms with Gasteiger partial charge >= 0.3 is 5.97 Å². The van der Waals surface area contributed by atoms with E-state index in [1.807, 2.05) is 36.4 Å². The predicted octanol–water partition coefficient (Wildman–Crippen LogP) is 3.38. The van der Waals surface area contributed by atoms with Gasteiger partial charge in [0, 0.05) is 60.3 Å². The quantitative estimate of drug-likeness (QED) is 0.480. The fourth-order valence-corrected chi connectivity index (χ4v) is 4.44. The zero-order chi connectivity index (χ0) is 20.7. The Labute approximate surface area is 172 Å². The van der Waals surface area contributed by atoms with E-state index in [1.54, 1.807) is 12.4 Å². The first-order valence-corrected chi connectivity index (χ1v) is 9.89. The minimum atomic E-state index is -1.08. The summed E-state index contributed by atoms with van der Waals surface area (Å²) < 4.78 is 5.76. The number of aromatic carboxylic acids is 1. The lowest BCUT2D eigenvalue weighted by Gasteiger charge is -2.36. The van der Waals surface area contributed by atoms with Crippen LogP contribution >= 0.6 is 0 Å². The van der Waals surface area contributed by atoms with Crippen molar-refractivity contribution in [1.29, 1.82) is 0 Å². The summed E-state index contributed by atoms with van der Waals surface area (Å²) in [4.78, 5) is 18.4. The van der Waals surface area contributed by atoms with E-state index in [9.17, 15) is 15.0 Å². The van der Waals surface area contributed by atoms with Crippen LogP contribution in [-0.2, 0) is 0 Å². The van der Waals surface area contributed by atoms with Crippen LogP contribution in [0.3, 0.4) is 0 Å². The molecule has 1 atom stereocenters. The van der Waals surface area contributed by atoms with Crippen LogP contribution in [-0.4, -0.2) is 52.2 Å². The molecular formula is C23H21N3O4. The number of hydrogen-bond acceptors (Lipinski definition) is 6. The third kappa shape index (κ3) is 2.91. The number of pyridine rings is 1. The molecule has 152 valence electrons. The van der Waals surface area contributed by atoms with Crippen molar-refractivity contribution in [2.75, 3.05) is 26.2 Å². The Balaban J connectivity index is 1.89. The molecule has 4 aromatic rings. The molecule has 0 saturated carbocycles. The minimum absolute atomic E-state index is 0.0512. The number of hydrogen-bond donors (Lipinski definition) is 3. The number of rotatable bonds is 4. The molecule has 7 nitrogen and oxygen atoms in total. The van der Waals surface area contributed by atoms with Gasteiger partial charge in [-0.25, -0.2) is 4.79 Å². The second-order valence-corrected chi connectivity index (χ2v) is 7.44. The number of benzene rings is 2. The number of aromatic hydroxyl groups is 1. The molecule has 0 bridgehead atoms. The number of fused-ring (bicyclic) bond motifs is 3. The van der Waals surface area contributed by atoms with E-state index in [-0.39, 0.29) is 17.4 Å². The van der Waals surface area contributed by atoms with Crippen LogP contribution in [0.5, 0.6) is 5.75 Å². The average molecular weight is 403 g/mol. The van der Waals surface area contributed by atoms with Gasteiger partial charge in [0.05, 0.1) is 6.04 Å². The molecule has 30 heavy (non-hydrogen) atoms. The molecule has 3 N–H and O–H groups in total. The van der Waals surface area contributed by atoms with Crippen molar-refractivity contribution in [2.24, 2.45) is 0 Å². The van der Waals surface area contributed by atoms with Gasteiger partial charge < -0.3 is 19.9 Å². The first kappa shape index (κ1) is 18.6. The van der Waals surface area contributed by atoms with E-state index >= 15 is 0 Å². The summed E-state index contributed by atoms with van der Waals surface area (Å²) in [5.41, 5.74) is 2.03. The van der Waals surface area contributed by atoms with Crippen molar-refractivity contribution in [2.45, 2.75) is 6.04 Å². The third-order valence-electron chi connectivity index (χ3n) is 5.78. The number of phenols is 1. The molecule has 1 fully saturated rings. The standard InChI is InChI=1S/C23H21N3O4/c27-21-15-3-1-2-4-16(15)22-18(17(13-30-22)23(28)29)19(21)20(14-5-7-24-8-6-14)26-11-9-25-10-12-26/h1-8,13,20,25,27H,9-12H2,(H,28,29). The summed E-state index contributed by atoms with van der Waals surface area (Å²) in [6.07, 6.45) is 4.70. The molecule has 2 aromatic carbocycles. The molecule has 3 heterocycles. The second-order valence-electron chi connectivity index (χ2n) is 7.44. The molecule has 1 aliphatic rings. The number of carbonyl (C=O) groups is 1. The largest absolute Gasteiger partial charge is 0.507 e.